The van der Waals surface area contributed by atoms with Crippen molar-refractivity contribution in [1.82, 2.24) is 5.43 Å². The van der Waals surface area contributed by atoms with Crippen molar-refractivity contribution in [2.75, 3.05) is 41.0 Å². The van der Waals surface area contributed by atoms with E-state index in [9.17, 15) is 9.18 Å². The van der Waals surface area contributed by atoms with E-state index < -0.39 is 11.9 Å². The van der Waals surface area contributed by atoms with E-state index in [4.69, 9.17) is 21.7 Å². The number of alkyl halides is 1. The molecule has 2 aliphatic rings. The summed E-state index contributed by atoms with van der Waals surface area (Å²) in [5.74, 6) is -0.414. The molecule has 0 bridgehead atoms. The van der Waals surface area contributed by atoms with Crippen molar-refractivity contribution in [3.05, 3.63) is 24.0 Å². The minimum atomic E-state index is -0.482. The summed E-state index contributed by atoms with van der Waals surface area (Å²) in [6.07, 6.45) is 1.88. The second kappa shape index (κ2) is 11.3. The number of benzene rings is 1. The standard InChI is InChI=1S/C16H19FN4O3S.C2H5I/c1-23-15(25)5-3-12-9-21(16(22)24-12)11-2-4-14(13(17)8-11)20-7-6-18-19-10-20;1-2-3/h2,4,8,10,12,18H,3,5-7,9H2,1H3;2H2,1H3/t12-;/m0./s1. The molecule has 28 heavy (non-hydrogen) atoms. The number of thiocarbonyl (C=S) groups is 1. The predicted molar refractivity (Wildman–Crippen MR) is 121 cm³/mol. The Morgan fingerprint density at radius 3 is 2.89 bits per heavy atom. The van der Waals surface area contributed by atoms with Crippen LogP contribution in [-0.4, -0.2) is 54.8 Å². The van der Waals surface area contributed by atoms with Gasteiger partial charge in [-0.25, -0.2) is 9.18 Å². The molecule has 10 heteroatoms. The van der Waals surface area contributed by atoms with E-state index in [0.717, 1.165) is 0 Å². The number of anilines is 2. The Morgan fingerprint density at radius 2 is 2.29 bits per heavy atom. The van der Waals surface area contributed by atoms with Gasteiger partial charge in [-0.15, -0.1) is 0 Å². The molecule has 154 valence electrons. The summed E-state index contributed by atoms with van der Waals surface area (Å²) in [4.78, 5) is 15.2. The smallest absolute Gasteiger partial charge is 0.414 e. The number of methoxy groups -OCH3 is 1. The first-order valence-corrected chi connectivity index (χ1v) is 10.9. The Kier molecular flexibility index (Phi) is 9.16. The Bertz CT molecular complexity index is 722. The molecule has 0 spiro atoms. The Labute approximate surface area is 183 Å². The zero-order chi connectivity index (χ0) is 20.5. The van der Waals surface area contributed by atoms with Gasteiger partial charge in [0, 0.05) is 13.0 Å². The fourth-order valence-corrected chi connectivity index (χ4v) is 2.86. The number of nitrogens with one attached hydrogen (secondary N) is 1. The zero-order valence-electron chi connectivity index (χ0n) is 15.9. The molecule has 0 radical (unpaired) electrons. The molecule has 1 N–H and O–H groups in total. The van der Waals surface area contributed by atoms with Crippen molar-refractivity contribution in [2.24, 2.45) is 5.10 Å². The number of hydrogen-bond acceptors (Lipinski definition) is 7. The van der Waals surface area contributed by atoms with Crippen LogP contribution < -0.4 is 15.2 Å². The number of rotatable bonds is 5. The van der Waals surface area contributed by atoms with Crippen LogP contribution in [-0.2, 0) is 9.47 Å². The van der Waals surface area contributed by atoms with Gasteiger partial charge in [-0.3, -0.25) is 4.90 Å². The molecule has 1 saturated heterocycles. The summed E-state index contributed by atoms with van der Waals surface area (Å²) >= 11 is 7.28. The average Bonchev–Trinajstić information content (AvgIpc) is 3.08. The van der Waals surface area contributed by atoms with Crippen LogP contribution in [0.4, 0.5) is 20.6 Å². The fraction of sp³-hybridized carbons (Fsp3) is 0.500. The normalized spacial score (nSPS) is 18.1. The molecular weight excluding hydrogens is 498 g/mol. The van der Waals surface area contributed by atoms with Gasteiger partial charge in [0.25, 0.3) is 0 Å². The topological polar surface area (TPSA) is 66.4 Å². The molecule has 0 unspecified atom stereocenters. The van der Waals surface area contributed by atoms with Gasteiger partial charge in [-0.2, -0.15) is 5.10 Å². The zero-order valence-corrected chi connectivity index (χ0v) is 18.8. The second-order valence-electron chi connectivity index (χ2n) is 5.98. The Morgan fingerprint density at radius 1 is 1.54 bits per heavy atom. The van der Waals surface area contributed by atoms with Crippen molar-refractivity contribution in [2.45, 2.75) is 25.9 Å². The number of hydrazone groups is 1. The molecule has 2 aliphatic heterocycles. The lowest BCUT2D eigenvalue weighted by atomic mass is 10.2. The van der Waals surface area contributed by atoms with E-state index in [1.807, 2.05) is 0 Å². The highest BCUT2D eigenvalue weighted by Gasteiger charge is 2.32. The summed E-state index contributed by atoms with van der Waals surface area (Å²) in [6, 6.07) is 4.69. The highest BCUT2D eigenvalue weighted by atomic mass is 127. The van der Waals surface area contributed by atoms with Crippen molar-refractivity contribution in [1.29, 1.82) is 0 Å². The van der Waals surface area contributed by atoms with Crippen molar-refractivity contribution < 1.29 is 18.7 Å². The summed E-state index contributed by atoms with van der Waals surface area (Å²) < 4.78 is 26.0. The second-order valence-corrected chi connectivity index (χ2v) is 7.96. The van der Waals surface area contributed by atoms with E-state index in [2.05, 4.69) is 40.0 Å². The quantitative estimate of drug-likeness (QED) is 0.362. The van der Waals surface area contributed by atoms with Crippen molar-refractivity contribution >= 4 is 63.7 Å². The van der Waals surface area contributed by atoms with Crippen LogP contribution in [0, 0.1) is 5.82 Å². The van der Waals surface area contributed by atoms with Crippen molar-refractivity contribution in [3.63, 3.8) is 0 Å². The van der Waals surface area contributed by atoms with E-state index in [1.54, 1.807) is 23.4 Å². The van der Waals surface area contributed by atoms with Gasteiger partial charge < -0.3 is 19.8 Å². The summed E-state index contributed by atoms with van der Waals surface area (Å²) in [5, 5.41) is 4.39. The van der Waals surface area contributed by atoms with E-state index in [1.165, 1.54) is 22.5 Å². The van der Waals surface area contributed by atoms with Crippen LogP contribution in [0.3, 0.4) is 0 Å². The number of ether oxygens (including phenoxy) is 2. The SMILES string of the molecule is CCI.COC(=S)CC[C@H]1CN(c2ccc(N3C=NNCC3)c(F)c2)C(=O)O1. The van der Waals surface area contributed by atoms with Gasteiger partial charge in [0.05, 0.1) is 31.6 Å². The first-order chi connectivity index (χ1) is 13.5. The van der Waals surface area contributed by atoms with Gasteiger partial charge >= 0.3 is 6.09 Å². The molecule has 2 heterocycles. The van der Waals surface area contributed by atoms with Gasteiger partial charge in [-0.05, 0) is 41.3 Å². The average molecular weight is 522 g/mol. The maximum absolute atomic E-state index is 14.5. The first kappa shape index (κ1) is 22.6. The van der Waals surface area contributed by atoms with Crippen LogP contribution in [0.15, 0.2) is 23.3 Å². The highest BCUT2D eigenvalue weighted by molar-refractivity contribution is 14.1. The summed E-state index contributed by atoms with van der Waals surface area (Å²) in [6.45, 7) is 3.73. The molecular formula is C18H24FIN4O3S. The van der Waals surface area contributed by atoms with E-state index in [-0.39, 0.29) is 6.10 Å². The third kappa shape index (κ3) is 6.16. The monoisotopic (exact) mass is 522 g/mol. The molecule has 0 aliphatic carbocycles. The lowest BCUT2D eigenvalue weighted by molar-refractivity contribution is 0.137. The van der Waals surface area contributed by atoms with Crippen molar-refractivity contribution in [3.8, 4) is 0 Å². The van der Waals surface area contributed by atoms with Crippen LogP contribution in [0.5, 0.6) is 0 Å². The minimum absolute atomic E-state index is 0.288. The molecule has 1 atom stereocenters. The maximum Gasteiger partial charge on any atom is 0.414 e. The minimum Gasteiger partial charge on any atom is -0.490 e. The number of cyclic esters (lactones) is 1. The number of hydrogen-bond donors (Lipinski definition) is 1. The van der Waals surface area contributed by atoms with Gasteiger partial charge in [0.2, 0.25) is 0 Å². The molecule has 1 amide bonds. The first-order valence-electron chi connectivity index (χ1n) is 8.93. The Balaban J connectivity index is 0.000000878. The van der Waals surface area contributed by atoms with Gasteiger partial charge in [0.1, 0.15) is 18.3 Å². The van der Waals surface area contributed by atoms with Gasteiger partial charge in [0.15, 0.2) is 5.05 Å². The summed E-state index contributed by atoms with van der Waals surface area (Å²) in [5.41, 5.74) is 3.70. The van der Waals surface area contributed by atoms with Crippen LogP contribution in [0.2, 0.25) is 0 Å². The molecule has 3 rings (SSSR count). The predicted octanol–water partition coefficient (Wildman–Crippen LogP) is 3.70. The van der Waals surface area contributed by atoms with Crippen LogP contribution >= 0.6 is 34.8 Å². The van der Waals surface area contributed by atoms with Crippen LogP contribution in [0.25, 0.3) is 0 Å². The van der Waals surface area contributed by atoms with E-state index >= 15 is 0 Å². The number of halogens is 2. The lowest BCUT2D eigenvalue weighted by Gasteiger charge is -2.24. The number of nitrogens with zero attached hydrogens (tertiary/aromatic N) is 3. The largest absolute Gasteiger partial charge is 0.490 e. The molecule has 1 fully saturated rings. The van der Waals surface area contributed by atoms with E-state index in [0.29, 0.717) is 48.9 Å². The molecule has 7 nitrogen and oxygen atoms in total. The molecule has 0 aromatic heterocycles. The van der Waals surface area contributed by atoms with Crippen LogP contribution in [0.1, 0.15) is 19.8 Å². The lowest BCUT2D eigenvalue weighted by Crippen LogP contribution is -2.35. The third-order valence-electron chi connectivity index (χ3n) is 4.08. The molecule has 0 saturated carbocycles. The van der Waals surface area contributed by atoms with Gasteiger partial charge in [-0.1, -0.05) is 29.5 Å². The maximum atomic E-state index is 14.5. The molecule has 1 aromatic carbocycles. The third-order valence-corrected chi connectivity index (χ3v) is 4.45. The molecule has 1 aromatic rings. The number of carbonyl (C=O) groups excluding carboxylic acids is 1. The summed E-state index contributed by atoms with van der Waals surface area (Å²) in [7, 11) is 1.52. The Hall–Kier alpha value is -1.69. The highest BCUT2D eigenvalue weighted by Crippen LogP contribution is 2.28. The number of carbonyl (C=O) groups is 1. The number of amides is 1. The fourth-order valence-electron chi connectivity index (χ4n) is 2.75.